The highest BCUT2D eigenvalue weighted by molar-refractivity contribution is 7.92. The Labute approximate surface area is 226 Å². The molecule has 2 atom stereocenters. The van der Waals surface area contributed by atoms with Crippen LogP contribution in [0.1, 0.15) is 43.9 Å². The monoisotopic (exact) mass is 535 g/mol. The average molecular weight is 536 g/mol. The highest BCUT2D eigenvalue weighted by Crippen LogP contribution is 2.25. The van der Waals surface area contributed by atoms with Gasteiger partial charge in [0.05, 0.1) is 10.6 Å². The van der Waals surface area contributed by atoms with E-state index in [4.69, 9.17) is 0 Å². The number of sulfonamides is 1. The Bertz CT molecular complexity index is 1340. The second kappa shape index (κ2) is 12.7. The molecule has 0 heterocycles. The van der Waals surface area contributed by atoms with E-state index in [9.17, 15) is 18.0 Å². The zero-order valence-corrected chi connectivity index (χ0v) is 23.5. The molecule has 0 bridgehead atoms. The highest BCUT2D eigenvalue weighted by atomic mass is 32.2. The van der Waals surface area contributed by atoms with Crippen LogP contribution in [0.5, 0.6) is 0 Å². The topological polar surface area (TPSA) is 86.8 Å². The van der Waals surface area contributed by atoms with E-state index in [2.05, 4.69) is 5.32 Å². The summed E-state index contributed by atoms with van der Waals surface area (Å²) in [6, 6.07) is 21.9. The summed E-state index contributed by atoms with van der Waals surface area (Å²) in [7, 11) is -4.06. The first-order valence-electron chi connectivity index (χ1n) is 12.8. The number of hydrogen-bond donors (Lipinski definition) is 1. The van der Waals surface area contributed by atoms with Crippen molar-refractivity contribution in [3.63, 3.8) is 0 Å². The summed E-state index contributed by atoms with van der Waals surface area (Å²) < 4.78 is 28.6. The molecule has 0 saturated carbocycles. The number of carbonyl (C=O) groups excluding carboxylic acids is 2. The van der Waals surface area contributed by atoms with Gasteiger partial charge in [-0.3, -0.25) is 13.9 Å². The minimum absolute atomic E-state index is 0.0524. The molecular weight excluding hydrogens is 498 g/mol. The molecule has 3 aromatic rings. The minimum atomic E-state index is -4.06. The number of aryl methyl sites for hydroxylation is 2. The molecule has 0 unspecified atom stereocenters. The predicted molar refractivity (Wildman–Crippen MR) is 151 cm³/mol. The van der Waals surface area contributed by atoms with Crippen LogP contribution in [0.15, 0.2) is 83.8 Å². The fourth-order valence-electron chi connectivity index (χ4n) is 4.01. The van der Waals surface area contributed by atoms with Gasteiger partial charge in [-0.05, 0) is 63.9 Å². The van der Waals surface area contributed by atoms with Crippen LogP contribution in [0, 0.1) is 13.8 Å². The number of carbonyl (C=O) groups is 2. The van der Waals surface area contributed by atoms with E-state index in [1.807, 2.05) is 52.0 Å². The number of anilines is 1. The molecule has 0 aliphatic heterocycles. The van der Waals surface area contributed by atoms with Gasteiger partial charge in [0, 0.05) is 12.6 Å². The van der Waals surface area contributed by atoms with Crippen LogP contribution in [-0.2, 0) is 26.2 Å². The van der Waals surface area contributed by atoms with Gasteiger partial charge >= 0.3 is 0 Å². The van der Waals surface area contributed by atoms with E-state index in [1.165, 1.54) is 17.0 Å². The Morgan fingerprint density at radius 2 is 1.53 bits per heavy atom. The number of amides is 2. The summed E-state index contributed by atoms with van der Waals surface area (Å²) in [6.45, 7) is 9.14. The average Bonchev–Trinajstić information content (AvgIpc) is 2.90. The van der Waals surface area contributed by atoms with E-state index in [0.29, 0.717) is 5.69 Å². The molecule has 0 spiro atoms. The molecule has 7 nitrogen and oxygen atoms in total. The molecule has 0 aliphatic carbocycles. The number of nitrogens with zero attached hydrogens (tertiary/aromatic N) is 2. The third-order valence-corrected chi connectivity index (χ3v) is 8.32. The quantitative estimate of drug-likeness (QED) is 0.381. The molecule has 3 aromatic carbocycles. The van der Waals surface area contributed by atoms with Crippen molar-refractivity contribution in [2.75, 3.05) is 10.8 Å². The summed E-state index contributed by atoms with van der Waals surface area (Å²) in [5.41, 5.74) is 3.22. The Balaban J connectivity index is 2.01. The maximum absolute atomic E-state index is 13.9. The van der Waals surface area contributed by atoms with Gasteiger partial charge in [-0.1, -0.05) is 72.6 Å². The van der Waals surface area contributed by atoms with Crippen molar-refractivity contribution in [3.8, 4) is 0 Å². The van der Waals surface area contributed by atoms with Crippen LogP contribution >= 0.6 is 0 Å². The van der Waals surface area contributed by atoms with Gasteiger partial charge in [0.25, 0.3) is 10.0 Å². The normalized spacial score (nSPS) is 12.9. The van der Waals surface area contributed by atoms with Gasteiger partial charge < -0.3 is 10.2 Å². The zero-order valence-electron chi connectivity index (χ0n) is 22.7. The molecule has 2 amide bonds. The van der Waals surface area contributed by atoms with Gasteiger partial charge in [0.15, 0.2) is 0 Å². The summed E-state index contributed by atoms with van der Waals surface area (Å²) in [5.74, 6) is -0.758. The lowest BCUT2D eigenvalue weighted by Gasteiger charge is -2.32. The van der Waals surface area contributed by atoms with Gasteiger partial charge in [0.2, 0.25) is 11.8 Å². The SMILES string of the molecule is CC[C@H](C)NC(=O)[C@H](C)N(Cc1cccc(C)c1)C(=O)CN(c1ccc(C)cc1)S(=O)(=O)c1ccccc1. The smallest absolute Gasteiger partial charge is 0.264 e. The number of benzene rings is 3. The van der Waals surface area contributed by atoms with Crippen LogP contribution in [0.4, 0.5) is 5.69 Å². The summed E-state index contributed by atoms with van der Waals surface area (Å²) in [4.78, 5) is 28.5. The fraction of sp³-hybridized carbons (Fsp3) is 0.333. The van der Waals surface area contributed by atoms with Crippen molar-refractivity contribution in [1.29, 1.82) is 0 Å². The third-order valence-electron chi connectivity index (χ3n) is 6.54. The largest absolute Gasteiger partial charge is 0.352 e. The summed E-state index contributed by atoms with van der Waals surface area (Å²) in [6.07, 6.45) is 0.751. The molecular formula is C30H37N3O4S. The molecule has 1 N–H and O–H groups in total. The molecule has 8 heteroatoms. The van der Waals surface area contributed by atoms with Crippen LogP contribution in [-0.4, -0.2) is 43.8 Å². The Kier molecular flexibility index (Phi) is 9.69. The molecule has 0 saturated heterocycles. The first-order valence-corrected chi connectivity index (χ1v) is 14.3. The van der Waals surface area contributed by atoms with Crippen molar-refractivity contribution in [2.45, 2.75) is 64.6 Å². The van der Waals surface area contributed by atoms with Crippen molar-refractivity contribution in [1.82, 2.24) is 10.2 Å². The van der Waals surface area contributed by atoms with E-state index in [0.717, 1.165) is 27.4 Å². The first kappa shape index (κ1) is 28.9. The standard InChI is InChI=1S/C30H37N3O4S/c1-6-24(4)31-30(35)25(5)32(20-26-12-10-11-23(3)19-26)29(34)21-33(27-17-15-22(2)16-18-27)38(36,37)28-13-8-7-9-14-28/h7-19,24-25H,6,20-21H2,1-5H3,(H,31,35)/t24-,25-/m0/s1. The van der Waals surface area contributed by atoms with Gasteiger partial charge in [0.1, 0.15) is 12.6 Å². The van der Waals surface area contributed by atoms with Crippen LogP contribution < -0.4 is 9.62 Å². The van der Waals surface area contributed by atoms with Crippen LogP contribution in [0.25, 0.3) is 0 Å². The van der Waals surface area contributed by atoms with Gasteiger partial charge in [-0.15, -0.1) is 0 Å². The lowest BCUT2D eigenvalue weighted by molar-refractivity contribution is -0.139. The highest BCUT2D eigenvalue weighted by Gasteiger charge is 2.32. The van der Waals surface area contributed by atoms with E-state index in [1.54, 1.807) is 49.4 Å². The van der Waals surface area contributed by atoms with E-state index < -0.39 is 28.5 Å². The molecule has 38 heavy (non-hydrogen) atoms. The van der Waals surface area contributed by atoms with Crippen molar-refractivity contribution >= 4 is 27.5 Å². The second-order valence-electron chi connectivity index (χ2n) is 9.66. The molecule has 0 fully saturated rings. The summed E-state index contributed by atoms with van der Waals surface area (Å²) in [5, 5.41) is 2.94. The number of nitrogens with one attached hydrogen (secondary N) is 1. The molecule has 0 aliphatic rings. The van der Waals surface area contributed by atoms with Crippen molar-refractivity contribution in [2.24, 2.45) is 0 Å². The van der Waals surface area contributed by atoms with Crippen molar-refractivity contribution in [3.05, 3.63) is 95.6 Å². The van der Waals surface area contributed by atoms with E-state index >= 15 is 0 Å². The van der Waals surface area contributed by atoms with Gasteiger partial charge in [-0.25, -0.2) is 8.42 Å². The Hall–Kier alpha value is -3.65. The first-order chi connectivity index (χ1) is 18.0. The minimum Gasteiger partial charge on any atom is -0.352 e. The van der Waals surface area contributed by atoms with Gasteiger partial charge in [-0.2, -0.15) is 0 Å². The summed E-state index contributed by atoms with van der Waals surface area (Å²) >= 11 is 0. The molecule has 3 rings (SSSR count). The van der Waals surface area contributed by atoms with E-state index in [-0.39, 0.29) is 23.4 Å². The molecule has 202 valence electrons. The second-order valence-corrected chi connectivity index (χ2v) is 11.5. The van der Waals surface area contributed by atoms with Crippen molar-refractivity contribution < 1.29 is 18.0 Å². The zero-order chi connectivity index (χ0) is 27.9. The predicted octanol–water partition coefficient (Wildman–Crippen LogP) is 4.83. The van der Waals surface area contributed by atoms with Crippen LogP contribution in [0.2, 0.25) is 0 Å². The molecule has 0 aromatic heterocycles. The Morgan fingerprint density at radius 3 is 2.13 bits per heavy atom. The maximum Gasteiger partial charge on any atom is 0.264 e. The molecule has 0 radical (unpaired) electrons. The third kappa shape index (κ3) is 7.22. The lowest BCUT2D eigenvalue weighted by atomic mass is 10.1. The lowest BCUT2D eigenvalue weighted by Crippen LogP contribution is -2.52. The Morgan fingerprint density at radius 1 is 0.868 bits per heavy atom. The maximum atomic E-state index is 13.9. The number of hydrogen-bond acceptors (Lipinski definition) is 4. The fourth-order valence-corrected chi connectivity index (χ4v) is 5.45. The van der Waals surface area contributed by atoms with Crippen LogP contribution in [0.3, 0.4) is 0 Å². The number of rotatable bonds is 11.